The maximum absolute atomic E-state index is 12.3. The van der Waals surface area contributed by atoms with Gasteiger partial charge in [-0.05, 0) is 19.3 Å². The topological polar surface area (TPSA) is 113 Å². The van der Waals surface area contributed by atoms with E-state index in [1.54, 1.807) is 16.9 Å². The van der Waals surface area contributed by atoms with E-state index in [1.165, 1.54) is 0 Å². The highest BCUT2D eigenvalue weighted by Crippen LogP contribution is 2.23. The summed E-state index contributed by atoms with van der Waals surface area (Å²) in [6, 6.07) is 3.40. The van der Waals surface area contributed by atoms with Gasteiger partial charge in [-0.25, -0.2) is 14.5 Å². The van der Waals surface area contributed by atoms with Crippen molar-refractivity contribution in [3.63, 3.8) is 0 Å². The SMILES string of the molecule is CCc1nc2n(n1)CCC[C@H]2NC(=O)Nc1ccn(CCCC#N)n1. The molecule has 9 heteroatoms. The summed E-state index contributed by atoms with van der Waals surface area (Å²) < 4.78 is 3.61. The second kappa shape index (κ2) is 7.79. The van der Waals surface area contributed by atoms with Crippen LogP contribution in [0.4, 0.5) is 10.6 Å². The highest BCUT2D eigenvalue weighted by atomic mass is 16.2. The molecule has 1 aliphatic rings. The van der Waals surface area contributed by atoms with E-state index in [-0.39, 0.29) is 12.1 Å². The predicted molar refractivity (Wildman–Crippen MR) is 90.6 cm³/mol. The minimum absolute atomic E-state index is 0.140. The first-order valence-corrected chi connectivity index (χ1v) is 8.61. The molecule has 0 bridgehead atoms. The Morgan fingerprint density at radius 2 is 2.36 bits per heavy atom. The third kappa shape index (κ3) is 4.15. The molecule has 0 radical (unpaired) electrons. The van der Waals surface area contributed by atoms with Crippen LogP contribution in [0.3, 0.4) is 0 Å². The first kappa shape index (κ1) is 17.0. The maximum atomic E-state index is 12.3. The van der Waals surface area contributed by atoms with Crippen molar-refractivity contribution >= 4 is 11.8 Å². The third-order valence-electron chi connectivity index (χ3n) is 4.10. The number of unbranched alkanes of at least 4 members (excludes halogenated alkanes) is 1. The molecule has 25 heavy (non-hydrogen) atoms. The van der Waals surface area contributed by atoms with Crippen LogP contribution < -0.4 is 10.6 Å². The minimum Gasteiger partial charge on any atom is -0.328 e. The summed E-state index contributed by atoms with van der Waals surface area (Å²) >= 11 is 0. The van der Waals surface area contributed by atoms with E-state index < -0.39 is 0 Å². The van der Waals surface area contributed by atoms with Crippen molar-refractivity contribution in [3.05, 3.63) is 23.9 Å². The molecule has 2 N–H and O–H groups in total. The summed E-state index contributed by atoms with van der Waals surface area (Å²) in [6.07, 6.45) is 5.60. The van der Waals surface area contributed by atoms with Gasteiger partial charge in [-0.2, -0.15) is 15.5 Å². The molecule has 0 saturated heterocycles. The number of urea groups is 1. The summed E-state index contributed by atoms with van der Waals surface area (Å²) in [5, 5.41) is 23.0. The number of nitriles is 1. The summed E-state index contributed by atoms with van der Waals surface area (Å²) in [5.41, 5.74) is 0. The first-order valence-electron chi connectivity index (χ1n) is 8.61. The zero-order valence-corrected chi connectivity index (χ0v) is 14.3. The Labute approximate surface area is 146 Å². The quantitative estimate of drug-likeness (QED) is 0.779. The van der Waals surface area contributed by atoms with Crippen LogP contribution in [0.1, 0.15) is 50.3 Å². The van der Waals surface area contributed by atoms with E-state index >= 15 is 0 Å². The van der Waals surface area contributed by atoms with Gasteiger partial charge in [-0.3, -0.25) is 10.00 Å². The number of anilines is 1. The zero-order valence-electron chi connectivity index (χ0n) is 14.3. The summed E-state index contributed by atoms with van der Waals surface area (Å²) in [6.45, 7) is 3.51. The molecule has 3 heterocycles. The van der Waals surface area contributed by atoms with Gasteiger partial charge in [0.1, 0.15) is 5.82 Å². The van der Waals surface area contributed by atoms with Crippen LogP contribution in [0.15, 0.2) is 12.3 Å². The maximum Gasteiger partial charge on any atom is 0.321 e. The number of amides is 2. The van der Waals surface area contributed by atoms with Crippen LogP contribution in [0.2, 0.25) is 0 Å². The Balaban J connectivity index is 1.57. The van der Waals surface area contributed by atoms with Crippen molar-refractivity contribution in [2.75, 3.05) is 5.32 Å². The molecule has 0 unspecified atom stereocenters. The van der Waals surface area contributed by atoms with Crippen LogP contribution in [0.5, 0.6) is 0 Å². The largest absolute Gasteiger partial charge is 0.328 e. The number of aromatic nitrogens is 5. The average molecular weight is 342 g/mol. The molecule has 0 aliphatic carbocycles. The number of carbonyl (C=O) groups excluding carboxylic acids is 1. The number of aryl methyl sites for hydroxylation is 3. The molecule has 132 valence electrons. The Morgan fingerprint density at radius 1 is 1.48 bits per heavy atom. The molecular formula is C16H22N8O. The van der Waals surface area contributed by atoms with E-state index in [0.29, 0.717) is 18.8 Å². The fourth-order valence-electron chi connectivity index (χ4n) is 2.87. The molecule has 0 aromatic carbocycles. The number of hydrogen-bond acceptors (Lipinski definition) is 5. The minimum atomic E-state index is -0.304. The fourth-order valence-corrected chi connectivity index (χ4v) is 2.87. The first-order chi connectivity index (χ1) is 12.2. The van der Waals surface area contributed by atoms with Gasteiger partial charge < -0.3 is 5.32 Å². The highest BCUT2D eigenvalue weighted by molar-refractivity contribution is 5.88. The van der Waals surface area contributed by atoms with Crippen molar-refractivity contribution in [1.29, 1.82) is 5.26 Å². The molecule has 3 rings (SSSR count). The van der Waals surface area contributed by atoms with Gasteiger partial charge in [0.15, 0.2) is 11.6 Å². The molecular weight excluding hydrogens is 320 g/mol. The average Bonchev–Trinajstić information content (AvgIpc) is 3.22. The fraction of sp³-hybridized carbons (Fsp3) is 0.562. The van der Waals surface area contributed by atoms with Crippen LogP contribution in [-0.4, -0.2) is 30.6 Å². The monoisotopic (exact) mass is 342 g/mol. The molecule has 1 aliphatic heterocycles. The lowest BCUT2D eigenvalue weighted by Crippen LogP contribution is -2.36. The Morgan fingerprint density at radius 3 is 3.16 bits per heavy atom. The summed E-state index contributed by atoms with van der Waals surface area (Å²) in [5.74, 6) is 2.11. The lowest BCUT2D eigenvalue weighted by molar-refractivity contribution is 0.244. The van der Waals surface area contributed by atoms with Gasteiger partial charge in [0.25, 0.3) is 0 Å². The Kier molecular flexibility index (Phi) is 5.28. The van der Waals surface area contributed by atoms with Gasteiger partial charge in [0, 0.05) is 38.2 Å². The molecule has 2 aromatic heterocycles. The van der Waals surface area contributed by atoms with E-state index in [0.717, 1.165) is 43.9 Å². The van der Waals surface area contributed by atoms with Crippen LogP contribution in [0, 0.1) is 11.3 Å². The zero-order chi connectivity index (χ0) is 17.6. The number of fused-ring (bicyclic) bond motifs is 1. The molecule has 1 atom stereocenters. The van der Waals surface area contributed by atoms with Gasteiger partial charge in [-0.1, -0.05) is 6.92 Å². The Bertz CT molecular complexity index is 771. The van der Waals surface area contributed by atoms with Crippen molar-refractivity contribution in [2.24, 2.45) is 0 Å². The molecule has 0 fully saturated rings. The molecule has 9 nitrogen and oxygen atoms in total. The van der Waals surface area contributed by atoms with E-state index in [2.05, 4.69) is 31.9 Å². The second-order valence-corrected chi connectivity index (χ2v) is 5.98. The standard InChI is InChI=1S/C16H22N8O/c1-2-13-19-15-12(6-5-10-24(15)22-13)18-16(25)20-14-7-11-23(21-14)9-4-3-8-17/h7,11-12H,2-6,9-10H2,1H3,(H2,18,20,21,25)/t12-/m1/s1. The van der Waals surface area contributed by atoms with E-state index in [9.17, 15) is 4.79 Å². The number of rotatable bonds is 6. The smallest absolute Gasteiger partial charge is 0.321 e. The van der Waals surface area contributed by atoms with Crippen molar-refractivity contribution in [2.45, 2.75) is 58.2 Å². The lowest BCUT2D eigenvalue weighted by Gasteiger charge is -2.22. The summed E-state index contributed by atoms with van der Waals surface area (Å²) in [7, 11) is 0. The molecule has 2 aromatic rings. The summed E-state index contributed by atoms with van der Waals surface area (Å²) in [4.78, 5) is 16.8. The van der Waals surface area contributed by atoms with Crippen molar-refractivity contribution < 1.29 is 4.79 Å². The number of carbonyl (C=O) groups is 1. The molecule has 2 amide bonds. The predicted octanol–water partition coefficient (Wildman–Crippen LogP) is 2.00. The van der Waals surface area contributed by atoms with Crippen LogP contribution >= 0.6 is 0 Å². The van der Waals surface area contributed by atoms with E-state index in [1.807, 2.05) is 11.6 Å². The van der Waals surface area contributed by atoms with Crippen molar-refractivity contribution in [1.82, 2.24) is 29.9 Å². The van der Waals surface area contributed by atoms with Crippen molar-refractivity contribution in [3.8, 4) is 6.07 Å². The number of hydrogen-bond donors (Lipinski definition) is 2. The number of nitrogens with zero attached hydrogens (tertiary/aromatic N) is 6. The van der Waals surface area contributed by atoms with Gasteiger partial charge in [0.2, 0.25) is 0 Å². The second-order valence-electron chi connectivity index (χ2n) is 5.98. The highest BCUT2D eigenvalue weighted by Gasteiger charge is 2.25. The van der Waals surface area contributed by atoms with Crippen LogP contribution in [0.25, 0.3) is 0 Å². The van der Waals surface area contributed by atoms with Gasteiger partial charge in [-0.15, -0.1) is 0 Å². The van der Waals surface area contributed by atoms with Gasteiger partial charge >= 0.3 is 6.03 Å². The Hall–Kier alpha value is -2.89. The molecule has 0 spiro atoms. The third-order valence-corrected chi connectivity index (χ3v) is 4.10. The normalized spacial score (nSPS) is 16.1. The van der Waals surface area contributed by atoms with Gasteiger partial charge in [0.05, 0.1) is 12.1 Å². The molecule has 0 saturated carbocycles. The van der Waals surface area contributed by atoms with E-state index in [4.69, 9.17) is 5.26 Å². The van der Waals surface area contributed by atoms with Crippen LogP contribution in [-0.2, 0) is 19.5 Å². The number of nitrogens with one attached hydrogen (secondary N) is 2. The lowest BCUT2D eigenvalue weighted by atomic mass is 10.1.